The van der Waals surface area contributed by atoms with Gasteiger partial charge in [-0.2, -0.15) is 0 Å². The Bertz CT molecular complexity index is 621. The maximum absolute atomic E-state index is 13.0. The fraction of sp³-hybridized carbons (Fsp3) is 0.0769. The Hall–Kier alpha value is -0.0487. The third kappa shape index (κ3) is 5.58. The first-order valence-corrected chi connectivity index (χ1v) is 6.11. The first-order chi connectivity index (χ1) is 9.36. The van der Waals surface area contributed by atoms with E-state index >= 15 is 0 Å². The summed E-state index contributed by atoms with van der Waals surface area (Å²) in [6.45, 7) is -5.05. The SMILES string of the molecule is Fc1ccc(COc2cccc([B-](F)(F)F)c2)cc1Cl.[K+]. The summed E-state index contributed by atoms with van der Waals surface area (Å²) in [6, 6.07) is 8.63. The van der Waals surface area contributed by atoms with E-state index in [-0.39, 0.29) is 68.8 Å². The number of halogens is 5. The largest absolute Gasteiger partial charge is 1.00 e. The molecule has 0 amide bonds. The zero-order chi connectivity index (χ0) is 14.8. The van der Waals surface area contributed by atoms with Crippen LogP contribution in [0.3, 0.4) is 0 Å². The Balaban J connectivity index is 0.00000220. The molecule has 0 saturated carbocycles. The van der Waals surface area contributed by atoms with Gasteiger partial charge in [-0.15, -0.1) is 5.46 Å². The van der Waals surface area contributed by atoms with Crippen molar-refractivity contribution < 1.29 is 73.5 Å². The topological polar surface area (TPSA) is 9.23 Å². The predicted octanol–water partition coefficient (Wildman–Crippen LogP) is 1.12. The number of ether oxygens (including phenoxy) is 1. The molecule has 0 aliphatic heterocycles. The maximum Gasteiger partial charge on any atom is 1.00 e. The summed E-state index contributed by atoms with van der Waals surface area (Å²) >= 11 is 5.60. The monoisotopic (exact) mass is 342 g/mol. The van der Waals surface area contributed by atoms with E-state index in [2.05, 4.69) is 0 Å². The molecular formula is C13H9BClF4KO. The Morgan fingerprint density at radius 1 is 1.05 bits per heavy atom. The summed E-state index contributed by atoms with van der Waals surface area (Å²) in [5.74, 6) is -0.459. The zero-order valence-corrected chi connectivity index (χ0v) is 15.0. The van der Waals surface area contributed by atoms with Gasteiger partial charge < -0.3 is 17.7 Å². The summed E-state index contributed by atoms with van der Waals surface area (Å²) in [6.07, 6.45) is 0. The van der Waals surface area contributed by atoms with Crippen LogP contribution in [0, 0.1) is 5.82 Å². The Kier molecular flexibility index (Phi) is 7.23. The second kappa shape index (κ2) is 7.99. The van der Waals surface area contributed by atoms with Gasteiger partial charge in [-0.05, 0) is 29.8 Å². The minimum absolute atomic E-state index is 0. The van der Waals surface area contributed by atoms with Crippen molar-refractivity contribution in [3.63, 3.8) is 0 Å². The molecule has 1 nitrogen and oxygen atoms in total. The minimum atomic E-state index is -5.06. The van der Waals surface area contributed by atoms with Crippen LogP contribution in [0.4, 0.5) is 17.3 Å². The fourth-order valence-corrected chi connectivity index (χ4v) is 1.81. The van der Waals surface area contributed by atoms with E-state index in [9.17, 15) is 17.3 Å². The second-order valence-electron chi connectivity index (χ2n) is 4.18. The van der Waals surface area contributed by atoms with E-state index in [0.717, 1.165) is 12.1 Å². The minimum Gasteiger partial charge on any atom is -0.489 e. The van der Waals surface area contributed by atoms with E-state index in [0.29, 0.717) is 5.56 Å². The van der Waals surface area contributed by atoms with Gasteiger partial charge in [0.1, 0.15) is 18.2 Å². The molecule has 106 valence electrons. The molecule has 2 aromatic carbocycles. The van der Waals surface area contributed by atoms with Crippen LogP contribution in [0.15, 0.2) is 42.5 Å². The van der Waals surface area contributed by atoms with Crippen molar-refractivity contribution in [2.45, 2.75) is 6.61 Å². The molecule has 0 aromatic heterocycles. The van der Waals surface area contributed by atoms with Crippen molar-refractivity contribution in [2.75, 3.05) is 0 Å². The standard InChI is InChI=1S/C13H9BClF4O.K/c15-12-6-9(4-5-13(12)16)8-20-11-3-1-2-10(7-11)14(17,18)19;/h1-7H,8H2;/q-1;+1. The van der Waals surface area contributed by atoms with Gasteiger partial charge in [0.15, 0.2) is 0 Å². The Morgan fingerprint density at radius 3 is 2.38 bits per heavy atom. The molecule has 2 aromatic rings. The summed E-state index contributed by atoms with van der Waals surface area (Å²) in [5.41, 5.74) is -0.154. The molecule has 0 saturated heterocycles. The molecule has 8 heteroatoms. The average Bonchev–Trinajstić information content (AvgIpc) is 2.39. The molecule has 0 heterocycles. The van der Waals surface area contributed by atoms with E-state index in [1.165, 1.54) is 30.3 Å². The summed E-state index contributed by atoms with van der Waals surface area (Å²) in [5, 5.41) is -0.0570. The molecule has 0 aliphatic carbocycles. The fourth-order valence-electron chi connectivity index (χ4n) is 1.60. The molecule has 0 aliphatic rings. The van der Waals surface area contributed by atoms with Crippen LogP contribution in [0.25, 0.3) is 0 Å². The first kappa shape index (κ1) is 19.0. The summed E-state index contributed by atoms with van der Waals surface area (Å²) < 4.78 is 55.9. The molecular weight excluding hydrogens is 333 g/mol. The number of benzene rings is 2. The van der Waals surface area contributed by atoms with E-state index < -0.39 is 18.3 Å². The van der Waals surface area contributed by atoms with Crippen molar-refractivity contribution in [3.8, 4) is 5.75 Å². The van der Waals surface area contributed by atoms with Gasteiger partial charge >= 0.3 is 58.4 Å². The molecule has 0 N–H and O–H groups in total. The molecule has 21 heavy (non-hydrogen) atoms. The summed E-state index contributed by atoms with van der Waals surface area (Å²) in [7, 11) is 0. The smallest absolute Gasteiger partial charge is 0.489 e. The third-order valence-electron chi connectivity index (χ3n) is 2.63. The Labute approximate surface area is 167 Å². The van der Waals surface area contributed by atoms with Crippen molar-refractivity contribution >= 4 is 24.0 Å². The van der Waals surface area contributed by atoms with Crippen LogP contribution in [0.2, 0.25) is 5.02 Å². The molecule has 0 atom stereocenters. The van der Waals surface area contributed by atoms with Gasteiger partial charge in [0.25, 0.3) is 0 Å². The third-order valence-corrected chi connectivity index (χ3v) is 2.92. The summed E-state index contributed by atoms with van der Waals surface area (Å²) in [4.78, 5) is 0. The number of hydrogen-bond donors (Lipinski definition) is 0. The van der Waals surface area contributed by atoms with Crippen LogP contribution in [0.1, 0.15) is 5.56 Å². The van der Waals surface area contributed by atoms with E-state index in [1.807, 2.05) is 0 Å². The van der Waals surface area contributed by atoms with Crippen LogP contribution in [-0.2, 0) is 6.61 Å². The van der Waals surface area contributed by atoms with Gasteiger partial charge in [0.05, 0.1) is 5.02 Å². The zero-order valence-electron chi connectivity index (χ0n) is 11.1. The molecule has 2 rings (SSSR count). The van der Waals surface area contributed by atoms with Gasteiger partial charge in [-0.25, -0.2) is 4.39 Å². The van der Waals surface area contributed by atoms with Crippen molar-refractivity contribution in [1.82, 2.24) is 0 Å². The van der Waals surface area contributed by atoms with Crippen LogP contribution in [0.5, 0.6) is 5.75 Å². The van der Waals surface area contributed by atoms with Gasteiger partial charge in [0, 0.05) is 0 Å². The molecule has 0 bridgehead atoms. The molecule has 0 unspecified atom stereocenters. The van der Waals surface area contributed by atoms with Crippen molar-refractivity contribution in [3.05, 3.63) is 58.9 Å². The van der Waals surface area contributed by atoms with Gasteiger partial charge in [-0.3, -0.25) is 0 Å². The van der Waals surface area contributed by atoms with Gasteiger partial charge in [-0.1, -0.05) is 29.8 Å². The first-order valence-electron chi connectivity index (χ1n) is 5.73. The number of hydrogen-bond acceptors (Lipinski definition) is 1. The van der Waals surface area contributed by atoms with Crippen LogP contribution < -0.4 is 61.6 Å². The van der Waals surface area contributed by atoms with Crippen molar-refractivity contribution in [1.29, 1.82) is 0 Å². The van der Waals surface area contributed by atoms with Crippen molar-refractivity contribution in [2.24, 2.45) is 0 Å². The number of rotatable bonds is 4. The second-order valence-corrected chi connectivity index (χ2v) is 4.59. The van der Waals surface area contributed by atoms with Crippen LogP contribution >= 0.6 is 11.6 Å². The molecule has 0 fully saturated rings. The quantitative estimate of drug-likeness (QED) is 0.598. The average molecular weight is 343 g/mol. The normalized spacial score (nSPS) is 10.9. The maximum atomic E-state index is 13.0. The predicted molar refractivity (Wildman–Crippen MR) is 70.9 cm³/mol. The molecule has 0 radical (unpaired) electrons. The van der Waals surface area contributed by atoms with Gasteiger partial charge in [0.2, 0.25) is 0 Å². The molecule has 0 spiro atoms. The van der Waals surface area contributed by atoms with E-state index in [4.69, 9.17) is 16.3 Å². The van der Waals surface area contributed by atoms with Crippen LogP contribution in [-0.4, -0.2) is 6.98 Å². The Morgan fingerprint density at radius 2 is 1.76 bits per heavy atom. The van der Waals surface area contributed by atoms with E-state index in [1.54, 1.807) is 0 Å².